The van der Waals surface area contributed by atoms with Crippen molar-refractivity contribution in [3.8, 4) is 5.88 Å². The summed E-state index contributed by atoms with van der Waals surface area (Å²) in [6.07, 6.45) is 4.21. The maximum absolute atomic E-state index is 13.1. The van der Waals surface area contributed by atoms with Crippen LogP contribution in [-0.4, -0.2) is 50.4 Å². The van der Waals surface area contributed by atoms with Gasteiger partial charge in [0.2, 0.25) is 5.65 Å². The van der Waals surface area contributed by atoms with Crippen molar-refractivity contribution in [2.24, 2.45) is 0 Å². The Bertz CT molecular complexity index is 826. The van der Waals surface area contributed by atoms with Crippen molar-refractivity contribution in [3.05, 3.63) is 23.8 Å². The number of imidazole rings is 1. The van der Waals surface area contributed by atoms with Gasteiger partial charge in [-0.05, 0) is 26.7 Å². The van der Waals surface area contributed by atoms with Gasteiger partial charge in [0.05, 0.1) is 24.0 Å². The van der Waals surface area contributed by atoms with E-state index in [1.165, 1.54) is 6.20 Å². The Morgan fingerprint density at radius 1 is 1.46 bits per heavy atom. The fourth-order valence-corrected chi connectivity index (χ4v) is 3.70. The van der Waals surface area contributed by atoms with Crippen molar-refractivity contribution in [2.75, 3.05) is 13.3 Å². The molecule has 0 atom stereocenters. The molecule has 0 aromatic carbocycles. The normalized spacial score (nSPS) is 28.3. The van der Waals surface area contributed by atoms with Gasteiger partial charge in [0.25, 0.3) is 5.88 Å². The van der Waals surface area contributed by atoms with Gasteiger partial charge < -0.3 is 14.6 Å². The number of fused-ring (bicyclic) bond motifs is 2. The Hall–Kier alpha value is -2.22. The highest BCUT2D eigenvalue weighted by atomic mass is 19.1. The van der Waals surface area contributed by atoms with E-state index in [1.54, 1.807) is 10.6 Å². The molecule has 0 spiro atoms. The predicted octanol–water partition coefficient (Wildman–Crippen LogP) is 1.98. The van der Waals surface area contributed by atoms with Gasteiger partial charge in [0.1, 0.15) is 6.67 Å². The quantitative estimate of drug-likeness (QED) is 0.899. The van der Waals surface area contributed by atoms with Crippen LogP contribution in [0.15, 0.2) is 12.4 Å². The Kier molecular flexibility index (Phi) is 3.12. The second kappa shape index (κ2) is 4.89. The second-order valence-corrected chi connectivity index (χ2v) is 7.00. The van der Waals surface area contributed by atoms with Crippen molar-refractivity contribution in [1.29, 1.82) is 0 Å². The second-order valence-electron chi connectivity index (χ2n) is 7.00. The molecule has 24 heavy (non-hydrogen) atoms. The minimum atomic E-state index is -1.14. The van der Waals surface area contributed by atoms with Crippen molar-refractivity contribution in [3.63, 3.8) is 0 Å². The molecule has 3 aliphatic rings. The van der Waals surface area contributed by atoms with Crippen LogP contribution in [0.25, 0.3) is 5.65 Å². The first kappa shape index (κ1) is 15.3. The fourth-order valence-electron chi connectivity index (χ4n) is 3.70. The highest BCUT2D eigenvalue weighted by Crippen LogP contribution is 2.58. The van der Waals surface area contributed by atoms with Crippen LogP contribution in [-0.2, 0) is 10.2 Å². The Balaban J connectivity index is 1.79. The smallest absolute Gasteiger partial charge is 0.356 e. The third-order valence-corrected chi connectivity index (χ3v) is 4.74. The number of ether oxygens (including phenoxy) is 2. The number of hydrogen-bond acceptors (Lipinski definition) is 5. The van der Waals surface area contributed by atoms with E-state index in [2.05, 4.69) is 9.97 Å². The molecule has 4 heterocycles. The molecule has 8 heteroatoms. The van der Waals surface area contributed by atoms with Crippen LogP contribution < -0.4 is 4.74 Å². The number of nitrogens with zero attached hydrogens (tertiary/aromatic N) is 3. The zero-order chi connectivity index (χ0) is 17.1. The molecule has 128 valence electrons. The van der Waals surface area contributed by atoms with Crippen molar-refractivity contribution in [1.82, 2.24) is 14.4 Å². The Morgan fingerprint density at radius 3 is 2.79 bits per heavy atom. The first-order valence-electron chi connectivity index (χ1n) is 7.87. The average Bonchev–Trinajstić information content (AvgIpc) is 3.16. The Labute approximate surface area is 137 Å². The zero-order valence-corrected chi connectivity index (χ0v) is 13.5. The molecule has 0 unspecified atom stereocenters. The lowest BCUT2D eigenvalue weighted by molar-refractivity contribution is -0.0235. The standard InChI is InChI=1S/C16H18FN3O4/c1-9(2)24-13-12-19-11(4-20(12)3-10(18-13)14(21)22)15-5-16(6-15,7-17)23-8-15/h3-4,9H,5-8H2,1-2H3,(H,21,22). The van der Waals surface area contributed by atoms with E-state index in [1.807, 2.05) is 13.8 Å². The summed E-state index contributed by atoms with van der Waals surface area (Å²) in [6, 6.07) is 0. The maximum atomic E-state index is 13.1. The molecule has 1 N–H and O–H groups in total. The third-order valence-electron chi connectivity index (χ3n) is 4.74. The number of alkyl halides is 1. The maximum Gasteiger partial charge on any atom is 0.356 e. The number of carboxylic acids is 1. The number of carbonyl (C=O) groups is 1. The first-order valence-corrected chi connectivity index (χ1v) is 7.87. The lowest BCUT2D eigenvalue weighted by atomic mass is 9.61. The predicted molar refractivity (Wildman–Crippen MR) is 81.3 cm³/mol. The number of hydrogen-bond donors (Lipinski definition) is 1. The van der Waals surface area contributed by atoms with Gasteiger partial charge in [-0.2, -0.15) is 0 Å². The molecular formula is C16H18FN3O4. The minimum absolute atomic E-state index is 0.117. The number of carboxylic acid groups (broad SMARTS) is 1. The van der Waals surface area contributed by atoms with Gasteiger partial charge in [0, 0.05) is 17.8 Å². The van der Waals surface area contributed by atoms with Gasteiger partial charge in [-0.3, -0.25) is 4.40 Å². The average molecular weight is 335 g/mol. The van der Waals surface area contributed by atoms with Crippen LogP contribution in [0.3, 0.4) is 0 Å². The van der Waals surface area contributed by atoms with Crippen LogP contribution in [0, 0.1) is 0 Å². The van der Waals surface area contributed by atoms with Gasteiger partial charge in [0.15, 0.2) is 5.69 Å². The third kappa shape index (κ3) is 2.09. The van der Waals surface area contributed by atoms with Gasteiger partial charge in [-0.15, -0.1) is 0 Å². The van der Waals surface area contributed by atoms with Crippen LogP contribution in [0.1, 0.15) is 42.9 Å². The van der Waals surface area contributed by atoms with Crippen LogP contribution >= 0.6 is 0 Å². The number of rotatable bonds is 5. The summed E-state index contributed by atoms with van der Waals surface area (Å²) >= 11 is 0. The zero-order valence-electron chi connectivity index (χ0n) is 13.5. The summed E-state index contributed by atoms with van der Waals surface area (Å²) in [5.41, 5.74) is 0.160. The minimum Gasteiger partial charge on any atom is -0.476 e. The molecule has 1 saturated carbocycles. The van der Waals surface area contributed by atoms with Crippen LogP contribution in [0.5, 0.6) is 5.88 Å². The molecule has 3 fully saturated rings. The molecule has 1 aliphatic carbocycles. The van der Waals surface area contributed by atoms with E-state index in [0.29, 0.717) is 25.1 Å². The summed E-state index contributed by atoms with van der Waals surface area (Å²) in [5.74, 6) is -0.953. The summed E-state index contributed by atoms with van der Waals surface area (Å²) in [7, 11) is 0. The number of aromatic carboxylic acids is 1. The molecule has 0 radical (unpaired) electrons. The summed E-state index contributed by atoms with van der Waals surface area (Å²) in [4.78, 5) is 19.9. The van der Waals surface area contributed by atoms with E-state index in [9.17, 15) is 14.3 Å². The topological polar surface area (TPSA) is 86.0 Å². The summed E-state index contributed by atoms with van der Waals surface area (Å²) in [6.45, 7) is 3.61. The van der Waals surface area contributed by atoms with Crippen LogP contribution in [0.4, 0.5) is 4.39 Å². The molecular weight excluding hydrogens is 317 g/mol. The molecule has 2 saturated heterocycles. The summed E-state index contributed by atoms with van der Waals surface area (Å²) in [5, 5.41) is 9.23. The van der Waals surface area contributed by atoms with E-state index in [-0.39, 0.29) is 23.1 Å². The number of halogens is 1. The lowest BCUT2D eigenvalue weighted by Crippen LogP contribution is -2.48. The molecule has 2 aromatic rings. The van der Waals surface area contributed by atoms with Crippen molar-refractivity contribution < 1.29 is 23.8 Å². The highest BCUT2D eigenvalue weighted by molar-refractivity contribution is 5.85. The molecule has 2 aliphatic heterocycles. The van der Waals surface area contributed by atoms with E-state index in [0.717, 1.165) is 5.69 Å². The molecule has 2 bridgehead atoms. The van der Waals surface area contributed by atoms with E-state index >= 15 is 0 Å². The van der Waals surface area contributed by atoms with E-state index < -0.39 is 18.2 Å². The van der Waals surface area contributed by atoms with Crippen molar-refractivity contribution >= 4 is 11.6 Å². The molecule has 2 aromatic heterocycles. The van der Waals surface area contributed by atoms with Gasteiger partial charge in [-0.25, -0.2) is 19.2 Å². The molecule has 0 amide bonds. The summed E-state index contributed by atoms with van der Waals surface area (Å²) < 4.78 is 26.0. The Morgan fingerprint density at radius 2 is 2.21 bits per heavy atom. The highest BCUT2D eigenvalue weighted by Gasteiger charge is 2.64. The molecule has 7 nitrogen and oxygen atoms in total. The van der Waals surface area contributed by atoms with Crippen molar-refractivity contribution in [2.45, 2.75) is 43.8 Å². The van der Waals surface area contributed by atoms with Crippen LogP contribution in [0.2, 0.25) is 0 Å². The SMILES string of the molecule is CC(C)Oc1nc(C(=O)O)cn2cc(C34COC(CF)(C3)C4)nc12. The van der Waals surface area contributed by atoms with Gasteiger partial charge in [-0.1, -0.05) is 0 Å². The lowest BCUT2D eigenvalue weighted by Gasteiger charge is -2.41. The van der Waals surface area contributed by atoms with Gasteiger partial charge >= 0.3 is 5.97 Å². The van der Waals surface area contributed by atoms with E-state index in [4.69, 9.17) is 9.47 Å². The monoisotopic (exact) mass is 335 g/mol. The largest absolute Gasteiger partial charge is 0.476 e. The first-order chi connectivity index (χ1) is 11.4. The number of aromatic nitrogens is 3. The fraction of sp³-hybridized carbons (Fsp3) is 0.562. The molecule has 5 rings (SSSR count).